The summed E-state index contributed by atoms with van der Waals surface area (Å²) in [6.07, 6.45) is 0. The molecule has 1 N–H and O–H groups in total. The number of hydrogen-bond acceptors (Lipinski definition) is 4. The Hall–Kier alpha value is -2.86. The lowest BCUT2D eigenvalue weighted by molar-refractivity contribution is 0.102. The Morgan fingerprint density at radius 1 is 0.879 bits per heavy atom. The van der Waals surface area contributed by atoms with Gasteiger partial charge in [-0.1, -0.05) is 53.7 Å². The van der Waals surface area contributed by atoms with Crippen molar-refractivity contribution < 1.29 is 9.53 Å². The van der Waals surface area contributed by atoms with Gasteiger partial charge in [0, 0.05) is 36.6 Å². The molecule has 4 aromatic carbocycles. The van der Waals surface area contributed by atoms with Gasteiger partial charge in [-0.25, -0.2) is 0 Å². The second-order valence-electron chi connectivity index (χ2n) is 7.13. The fraction of sp³-hybridized carbons (Fsp3) is 0.0741. The zero-order valence-corrected chi connectivity index (χ0v) is 20.3. The lowest BCUT2D eigenvalue weighted by atomic mass is 10.1. The van der Waals surface area contributed by atoms with Gasteiger partial charge in [-0.15, -0.1) is 11.8 Å². The molecule has 0 unspecified atom stereocenters. The molecule has 0 saturated heterocycles. The number of ether oxygens (including phenoxy) is 1. The Morgan fingerprint density at radius 2 is 1.61 bits per heavy atom. The largest absolute Gasteiger partial charge is 0.496 e. The molecule has 3 nitrogen and oxygen atoms in total. The van der Waals surface area contributed by atoms with Crippen LogP contribution in [0.25, 0.3) is 0 Å². The topological polar surface area (TPSA) is 38.3 Å². The zero-order valence-electron chi connectivity index (χ0n) is 18.0. The van der Waals surface area contributed by atoms with Crippen LogP contribution in [0.1, 0.15) is 15.9 Å². The summed E-state index contributed by atoms with van der Waals surface area (Å²) in [6, 6.07) is 31.2. The Bertz CT molecular complexity index is 1230. The predicted octanol–water partition coefficient (Wildman–Crippen LogP) is 8.04. The molecule has 0 aliphatic heterocycles. The van der Waals surface area contributed by atoms with E-state index in [1.54, 1.807) is 36.7 Å². The van der Waals surface area contributed by atoms with Crippen LogP contribution in [0.5, 0.6) is 5.75 Å². The van der Waals surface area contributed by atoms with Crippen LogP contribution in [0.3, 0.4) is 0 Å². The summed E-state index contributed by atoms with van der Waals surface area (Å²) in [5, 5.41) is 3.78. The molecule has 0 aliphatic carbocycles. The average molecular weight is 492 g/mol. The molecule has 4 aromatic rings. The molecule has 0 spiro atoms. The molecule has 0 atom stereocenters. The van der Waals surface area contributed by atoms with Gasteiger partial charge < -0.3 is 10.1 Å². The van der Waals surface area contributed by atoms with Gasteiger partial charge in [0.05, 0.1) is 12.8 Å². The van der Waals surface area contributed by atoms with Crippen molar-refractivity contribution in [2.45, 2.75) is 20.4 Å². The SMILES string of the molecule is COc1ccc(C(=O)Nc2ccccc2Sc2ccccc2)cc1CSc1ccc(Cl)cc1. The third kappa shape index (κ3) is 6.35. The molecule has 0 saturated carbocycles. The van der Waals surface area contributed by atoms with Gasteiger partial charge in [0.1, 0.15) is 5.75 Å². The number of para-hydroxylation sites is 1. The summed E-state index contributed by atoms with van der Waals surface area (Å²) in [5.41, 5.74) is 2.32. The molecule has 0 aliphatic rings. The second-order valence-corrected chi connectivity index (χ2v) is 9.74. The maximum atomic E-state index is 13.1. The molecule has 166 valence electrons. The highest BCUT2D eigenvalue weighted by molar-refractivity contribution is 7.99. The third-order valence-electron chi connectivity index (χ3n) is 4.86. The minimum absolute atomic E-state index is 0.156. The van der Waals surface area contributed by atoms with Crippen LogP contribution in [-0.2, 0) is 5.75 Å². The fourth-order valence-corrected chi connectivity index (χ4v) is 5.12. The van der Waals surface area contributed by atoms with E-state index in [4.69, 9.17) is 16.3 Å². The van der Waals surface area contributed by atoms with Crippen LogP contribution in [0.4, 0.5) is 5.69 Å². The summed E-state index contributed by atoms with van der Waals surface area (Å²) < 4.78 is 5.52. The van der Waals surface area contributed by atoms with Gasteiger partial charge in [0.2, 0.25) is 0 Å². The minimum Gasteiger partial charge on any atom is -0.496 e. The molecule has 6 heteroatoms. The van der Waals surface area contributed by atoms with Crippen molar-refractivity contribution >= 4 is 46.7 Å². The van der Waals surface area contributed by atoms with Crippen LogP contribution in [0, 0.1) is 0 Å². The molecule has 0 aromatic heterocycles. The maximum Gasteiger partial charge on any atom is 0.255 e. The van der Waals surface area contributed by atoms with Crippen molar-refractivity contribution in [3.63, 3.8) is 0 Å². The predicted molar refractivity (Wildman–Crippen MR) is 139 cm³/mol. The standard InChI is InChI=1S/C27H22ClNO2S2/c1-31-25-16-11-19(17-20(25)18-32-22-14-12-21(28)13-15-22)27(30)29-24-9-5-6-10-26(24)33-23-7-3-2-4-8-23/h2-17H,18H2,1H3,(H,29,30). The highest BCUT2D eigenvalue weighted by atomic mass is 35.5. The van der Waals surface area contributed by atoms with Gasteiger partial charge in [0.25, 0.3) is 5.91 Å². The summed E-state index contributed by atoms with van der Waals surface area (Å²) >= 11 is 9.27. The number of amides is 1. The van der Waals surface area contributed by atoms with Crippen molar-refractivity contribution in [1.29, 1.82) is 0 Å². The van der Waals surface area contributed by atoms with E-state index >= 15 is 0 Å². The maximum absolute atomic E-state index is 13.1. The van der Waals surface area contributed by atoms with Crippen LogP contribution >= 0.6 is 35.1 Å². The molecule has 4 rings (SSSR count). The van der Waals surface area contributed by atoms with Crippen LogP contribution in [0.15, 0.2) is 112 Å². The molecular weight excluding hydrogens is 470 g/mol. The lowest BCUT2D eigenvalue weighted by Crippen LogP contribution is -2.13. The minimum atomic E-state index is -0.156. The van der Waals surface area contributed by atoms with Gasteiger partial charge in [0.15, 0.2) is 0 Å². The average Bonchev–Trinajstić information content (AvgIpc) is 2.85. The highest BCUT2D eigenvalue weighted by Crippen LogP contribution is 2.34. The van der Waals surface area contributed by atoms with Crippen LogP contribution in [0.2, 0.25) is 5.02 Å². The first-order valence-corrected chi connectivity index (χ1v) is 12.5. The molecule has 1 amide bonds. The Labute approximate surface area is 207 Å². The monoisotopic (exact) mass is 491 g/mol. The van der Waals surface area contributed by atoms with Crippen LogP contribution in [-0.4, -0.2) is 13.0 Å². The van der Waals surface area contributed by atoms with Crippen molar-refractivity contribution in [3.8, 4) is 5.75 Å². The van der Waals surface area contributed by atoms with E-state index in [0.717, 1.165) is 31.7 Å². The van der Waals surface area contributed by atoms with Crippen molar-refractivity contribution in [3.05, 3.63) is 113 Å². The quantitative estimate of drug-likeness (QED) is 0.253. The number of methoxy groups -OCH3 is 1. The van der Waals surface area contributed by atoms with E-state index in [9.17, 15) is 4.79 Å². The van der Waals surface area contributed by atoms with Crippen molar-refractivity contribution in [1.82, 2.24) is 0 Å². The molecule has 0 radical (unpaired) electrons. The Morgan fingerprint density at radius 3 is 2.36 bits per heavy atom. The molecular formula is C27H22ClNO2S2. The van der Waals surface area contributed by atoms with Crippen LogP contribution < -0.4 is 10.1 Å². The van der Waals surface area contributed by atoms with Gasteiger partial charge in [-0.3, -0.25) is 4.79 Å². The summed E-state index contributed by atoms with van der Waals surface area (Å²) in [7, 11) is 1.64. The molecule has 33 heavy (non-hydrogen) atoms. The van der Waals surface area contributed by atoms with Crippen molar-refractivity contribution in [2.75, 3.05) is 12.4 Å². The Kier molecular flexibility index (Phi) is 8.00. The summed E-state index contributed by atoms with van der Waals surface area (Å²) in [5.74, 6) is 1.27. The summed E-state index contributed by atoms with van der Waals surface area (Å²) in [6.45, 7) is 0. The first kappa shape index (κ1) is 23.3. The van der Waals surface area contributed by atoms with E-state index in [-0.39, 0.29) is 5.91 Å². The first-order chi connectivity index (χ1) is 16.1. The fourth-order valence-electron chi connectivity index (χ4n) is 3.19. The number of anilines is 1. The van der Waals surface area contributed by atoms with Crippen molar-refractivity contribution in [2.24, 2.45) is 0 Å². The van der Waals surface area contributed by atoms with E-state index in [2.05, 4.69) is 17.4 Å². The number of carbonyl (C=O) groups is 1. The van der Waals surface area contributed by atoms with Gasteiger partial charge in [-0.2, -0.15) is 0 Å². The zero-order chi connectivity index (χ0) is 23.0. The number of thioether (sulfide) groups is 1. The number of hydrogen-bond donors (Lipinski definition) is 1. The van der Waals surface area contributed by atoms with E-state index < -0.39 is 0 Å². The third-order valence-corrected chi connectivity index (χ3v) is 7.25. The number of nitrogens with one attached hydrogen (secondary N) is 1. The van der Waals surface area contributed by atoms with E-state index in [0.29, 0.717) is 16.3 Å². The second kappa shape index (κ2) is 11.3. The first-order valence-electron chi connectivity index (χ1n) is 10.3. The molecule has 0 fully saturated rings. The highest BCUT2D eigenvalue weighted by Gasteiger charge is 2.13. The number of carbonyl (C=O) groups excluding carboxylic acids is 1. The lowest BCUT2D eigenvalue weighted by Gasteiger charge is -2.13. The summed E-state index contributed by atoms with van der Waals surface area (Å²) in [4.78, 5) is 16.3. The smallest absolute Gasteiger partial charge is 0.255 e. The molecule has 0 heterocycles. The van der Waals surface area contributed by atoms with Gasteiger partial charge >= 0.3 is 0 Å². The van der Waals surface area contributed by atoms with Gasteiger partial charge in [-0.05, 0) is 66.7 Å². The number of halogens is 1. The molecule has 0 bridgehead atoms. The number of benzene rings is 4. The Balaban J connectivity index is 1.50. The van der Waals surface area contributed by atoms with E-state index in [1.807, 2.05) is 78.9 Å². The normalized spacial score (nSPS) is 10.6. The van der Waals surface area contributed by atoms with E-state index in [1.165, 1.54) is 0 Å². The number of rotatable bonds is 8.